The number of piperidine rings is 1. The molecule has 8 nitrogen and oxygen atoms in total. The Balaban J connectivity index is 1.44. The lowest BCUT2D eigenvalue weighted by molar-refractivity contribution is -0.0245. The van der Waals surface area contributed by atoms with Crippen LogP contribution in [-0.4, -0.2) is 48.6 Å². The van der Waals surface area contributed by atoms with Crippen molar-refractivity contribution in [1.82, 2.24) is 9.88 Å². The molecule has 0 unspecified atom stereocenters. The van der Waals surface area contributed by atoms with Gasteiger partial charge >= 0.3 is 0 Å². The number of pyridine rings is 1. The third kappa shape index (κ3) is 5.32. The van der Waals surface area contributed by atoms with Gasteiger partial charge in [0.15, 0.2) is 0 Å². The monoisotopic (exact) mass is 506 g/mol. The highest BCUT2D eigenvalue weighted by Crippen LogP contribution is 2.33. The molecule has 1 saturated heterocycles. The lowest BCUT2D eigenvalue weighted by Crippen LogP contribution is -2.45. The predicted molar refractivity (Wildman–Crippen MR) is 140 cm³/mol. The van der Waals surface area contributed by atoms with Gasteiger partial charge in [0, 0.05) is 36.2 Å². The average Bonchev–Trinajstić information content (AvgIpc) is 2.85. The van der Waals surface area contributed by atoms with E-state index in [0.29, 0.717) is 48.6 Å². The summed E-state index contributed by atoms with van der Waals surface area (Å²) in [5.41, 5.74) is 2.36. The molecule has 0 saturated carbocycles. The van der Waals surface area contributed by atoms with E-state index in [0.717, 1.165) is 11.3 Å². The molecule has 2 aromatic carbocycles. The minimum atomic E-state index is -3.88. The Morgan fingerprint density at radius 1 is 1.06 bits per heavy atom. The van der Waals surface area contributed by atoms with Crippen molar-refractivity contribution in [2.75, 3.05) is 17.8 Å². The number of nitrogens with zero attached hydrogens (tertiary/aromatic N) is 3. The highest BCUT2D eigenvalue weighted by atomic mass is 32.2. The third-order valence-electron chi connectivity index (χ3n) is 6.38. The number of sulfonamides is 1. The number of hydrogen-bond donors (Lipinski definition) is 2. The van der Waals surface area contributed by atoms with Crippen LogP contribution in [0.3, 0.4) is 0 Å². The standard InChI is InChI=1S/C27H30N4O4S/c1-4-28-25-19(2)7-5-9-23(25)36(34,35)30-22-13-11-21(12-14-22)26(32)31-17-15-27(33,16-18-31)24-10-6-8-20(3)29-24/h4-14,30,33H,15-18H2,1-3H3. The maximum Gasteiger partial charge on any atom is 0.264 e. The Kier molecular flexibility index (Phi) is 7.23. The Labute approximate surface area is 211 Å². The van der Waals surface area contributed by atoms with E-state index >= 15 is 0 Å². The van der Waals surface area contributed by atoms with Crippen molar-refractivity contribution in [1.29, 1.82) is 0 Å². The zero-order valence-corrected chi connectivity index (χ0v) is 21.4. The van der Waals surface area contributed by atoms with E-state index in [-0.39, 0.29) is 10.8 Å². The van der Waals surface area contributed by atoms with Gasteiger partial charge in [-0.25, -0.2) is 8.42 Å². The van der Waals surface area contributed by atoms with E-state index in [1.54, 1.807) is 61.4 Å². The average molecular weight is 507 g/mol. The first-order chi connectivity index (χ1) is 17.1. The minimum Gasteiger partial charge on any atom is -0.383 e. The third-order valence-corrected chi connectivity index (χ3v) is 7.79. The van der Waals surface area contributed by atoms with Gasteiger partial charge in [-0.05, 0) is 81.6 Å². The number of nitrogens with one attached hydrogen (secondary N) is 1. The lowest BCUT2D eigenvalue weighted by atomic mass is 9.87. The van der Waals surface area contributed by atoms with E-state index < -0.39 is 15.6 Å². The summed E-state index contributed by atoms with van der Waals surface area (Å²) in [5, 5.41) is 11.1. The predicted octanol–water partition coefficient (Wildman–Crippen LogP) is 4.35. The molecule has 0 radical (unpaired) electrons. The van der Waals surface area contributed by atoms with Gasteiger partial charge in [0.25, 0.3) is 15.9 Å². The zero-order valence-electron chi connectivity index (χ0n) is 20.6. The highest BCUT2D eigenvalue weighted by Gasteiger charge is 2.36. The van der Waals surface area contributed by atoms with Crippen molar-refractivity contribution in [3.8, 4) is 0 Å². The van der Waals surface area contributed by atoms with Crippen molar-refractivity contribution >= 4 is 33.5 Å². The second kappa shape index (κ2) is 10.2. The van der Waals surface area contributed by atoms with Crippen molar-refractivity contribution < 1.29 is 18.3 Å². The van der Waals surface area contributed by atoms with Gasteiger partial charge in [-0.2, -0.15) is 0 Å². The maximum absolute atomic E-state index is 13.0. The lowest BCUT2D eigenvalue weighted by Gasteiger charge is -2.38. The molecule has 0 spiro atoms. The van der Waals surface area contributed by atoms with Crippen LogP contribution < -0.4 is 4.72 Å². The SMILES string of the molecule is CC=Nc1c(C)cccc1S(=O)(=O)Nc1ccc(C(=O)N2CCC(O)(c3cccc(C)n3)CC2)cc1. The van der Waals surface area contributed by atoms with Gasteiger partial charge in [-0.15, -0.1) is 0 Å². The maximum atomic E-state index is 13.0. The number of benzene rings is 2. The van der Waals surface area contributed by atoms with Gasteiger partial charge in [0.05, 0.1) is 11.4 Å². The van der Waals surface area contributed by atoms with Crippen LogP contribution in [0.4, 0.5) is 11.4 Å². The summed E-state index contributed by atoms with van der Waals surface area (Å²) in [4.78, 5) is 23.5. The number of rotatable bonds is 6. The first-order valence-electron chi connectivity index (χ1n) is 11.8. The molecule has 2 N–H and O–H groups in total. The van der Waals surface area contributed by atoms with Gasteiger partial charge in [0.2, 0.25) is 0 Å². The van der Waals surface area contributed by atoms with E-state index in [1.165, 1.54) is 6.07 Å². The summed E-state index contributed by atoms with van der Waals surface area (Å²) < 4.78 is 28.6. The topological polar surface area (TPSA) is 112 Å². The molecule has 1 aliphatic rings. The van der Waals surface area contributed by atoms with Crippen molar-refractivity contribution in [3.05, 3.63) is 83.2 Å². The smallest absolute Gasteiger partial charge is 0.264 e. The van der Waals surface area contributed by atoms with Crippen molar-refractivity contribution in [3.63, 3.8) is 0 Å². The van der Waals surface area contributed by atoms with Crippen molar-refractivity contribution in [2.45, 2.75) is 44.1 Å². The van der Waals surface area contributed by atoms with Crippen LogP contribution >= 0.6 is 0 Å². The fourth-order valence-corrected chi connectivity index (χ4v) is 5.64. The van der Waals surface area contributed by atoms with Crippen LogP contribution in [0.1, 0.15) is 47.1 Å². The Morgan fingerprint density at radius 3 is 2.36 bits per heavy atom. The molecule has 4 rings (SSSR count). The number of anilines is 1. The van der Waals surface area contributed by atoms with Crippen LogP contribution in [0, 0.1) is 13.8 Å². The van der Waals surface area contributed by atoms with E-state index in [4.69, 9.17) is 0 Å². The molecule has 0 bridgehead atoms. The Morgan fingerprint density at radius 2 is 1.72 bits per heavy atom. The Bertz CT molecular complexity index is 1390. The number of hydrogen-bond acceptors (Lipinski definition) is 6. The molecule has 1 aliphatic heterocycles. The number of aliphatic hydroxyl groups is 1. The van der Waals surface area contributed by atoms with Gasteiger partial charge in [-0.3, -0.25) is 19.5 Å². The quantitative estimate of drug-likeness (QED) is 0.483. The first-order valence-corrected chi connectivity index (χ1v) is 13.3. The molecule has 188 valence electrons. The molecule has 36 heavy (non-hydrogen) atoms. The normalized spacial score (nSPS) is 15.7. The van der Waals surface area contributed by atoms with E-state index in [2.05, 4.69) is 14.7 Å². The number of aliphatic imine (C=N–C) groups is 1. The molecule has 0 aliphatic carbocycles. The molecule has 1 aromatic heterocycles. The van der Waals surface area contributed by atoms with Gasteiger partial charge in [0.1, 0.15) is 10.5 Å². The fourth-order valence-electron chi connectivity index (χ4n) is 4.36. The van der Waals surface area contributed by atoms with Crippen LogP contribution in [0.15, 0.2) is 70.6 Å². The second-order valence-electron chi connectivity index (χ2n) is 8.98. The van der Waals surface area contributed by atoms with Gasteiger partial charge in [-0.1, -0.05) is 18.2 Å². The molecule has 3 aromatic rings. The number of para-hydroxylation sites is 1. The van der Waals surface area contributed by atoms with Gasteiger partial charge < -0.3 is 10.0 Å². The number of amides is 1. The summed E-state index contributed by atoms with van der Waals surface area (Å²) in [6.07, 6.45) is 2.35. The minimum absolute atomic E-state index is 0.0876. The van der Waals surface area contributed by atoms with Crippen LogP contribution in [-0.2, 0) is 15.6 Å². The number of carbonyl (C=O) groups excluding carboxylic acids is 1. The summed E-state index contributed by atoms with van der Waals surface area (Å²) in [7, 11) is -3.88. The molecule has 2 heterocycles. The number of likely N-dealkylation sites (tertiary alicyclic amines) is 1. The Hall–Kier alpha value is -3.56. The molecular weight excluding hydrogens is 476 g/mol. The zero-order chi connectivity index (χ0) is 25.9. The fraction of sp³-hybridized carbons (Fsp3) is 0.296. The van der Waals surface area contributed by atoms with Crippen LogP contribution in [0.5, 0.6) is 0 Å². The summed E-state index contributed by atoms with van der Waals surface area (Å²) in [5.74, 6) is -0.165. The summed E-state index contributed by atoms with van der Waals surface area (Å²) >= 11 is 0. The number of aryl methyl sites for hydroxylation is 2. The van der Waals surface area contributed by atoms with E-state index in [9.17, 15) is 18.3 Å². The number of carbonyl (C=O) groups is 1. The number of aromatic nitrogens is 1. The molecular formula is C27H30N4O4S. The summed E-state index contributed by atoms with van der Waals surface area (Å²) in [6.45, 7) is 6.21. The summed E-state index contributed by atoms with van der Waals surface area (Å²) in [6, 6.07) is 16.9. The molecule has 0 atom stereocenters. The van der Waals surface area contributed by atoms with Crippen molar-refractivity contribution in [2.24, 2.45) is 4.99 Å². The second-order valence-corrected chi connectivity index (χ2v) is 10.6. The first kappa shape index (κ1) is 25.5. The van der Waals surface area contributed by atoms with Crippen LogP contribution in [0.2, 0.25) is 0 Å². The molecule has 1 amide bonds. The highest BCUT2D eigenvalue weighted by molar-refractivity contribution is 7.92. The molecule has 9 heteroatoms. The molecule has 1 fully saturated rings. The van der Waals surface area contributed by atoms with E-state index in [1.807, 2.05) is 25.1 Å². The largest absolute Gasteiger partial charge is 0.383 e. The van der Waals surface area contributed by atoms with Crippen LogP contribution in [0.25, 0.3) is 0 Å².